The van der Waals surface area contributed by atoms with Gasteiger partial charge in [0, 0.05) is 24.2 Å². The second-order valence-electron chi connectivity index (χ2n) is 11.0. The van der Waals surface area contributed by atoms with E-state index in [1.54, 1.807) is 43.1 Å². The van der Waals surface area contributed by atoms with Crippen LogP contribution in [0.4, 0.5) is 0 Å². The Kier molecular flexibility index (Phi) is 7.71. The van der Waals surface area contributed by atoms with Crippen molar-refractivity contribution in [3.63, 3.8) is 0 Å². The van der Waals surface area contributed by atoms with Gasteiger partial charge in [-0.25, -0.2) is 9.48 Å². The summed E-state index contributed by atoms with van der Waals surface area (Å²) in [7, 11) is 1.56. The molecule has 12 nitrogen and oxygen atoms in total. The van der Waals surface area contributed by atoms with Crippen LogP contribution in [0.1, 0.15) is 75.0 Å². The van der Waals surface area contributed by atoms with Crippen molar-refractivity contribution in [2.75, 3.05) is 13.1 Å². The Balaban J connectivity index is 1.59. The largest absolute Gasteiger partial charge is 0.366 e. The number of amides is 3. The molecule has 12 heteroatoms. The second-order valence-corrected chi connectivity index (χ2v) is 11.0. The fourth-order valence-electron chi connectivity index (χ4n) is 6.11. The molecule has 2 aromatic carbocycles. The van der Waals surface area contributed by atoms with Crippen LogP contribution in [0.3, 0.4) is 0 Å². The number of carbonyl (C=O) groups excluding carboxylic acids is 3. The van der Waals surface area contributed by atoms with Crippen LogP contribution in [0.15, 0.2) is 41.2 Å². The molecule has 1 aromatic heterocycles. The summed E-state index contributed by atoms with van der Waals surface area (Å²) in [6, 6.07) is 12.3. The van der Waals surface area contributed by atoms with Crippen molar-refractivity contribution in [2.45, 2.75) is 56.5 Å². The number of rotatable bonds is 10. The van der Waals surface area contributed by atoms with Crippen molar-refractivity contribution >= 4 is 17.7 Å². The lowest BCUT2D eigenvalue weighted by atomic mass is 9.69. The monoisotopic (exact) mass is 570 g/mol. The highest BCUT2D eigenvalue weighted by molar-refractivity contribution is 5.94. The summed E-state index contributed by atoms with van der Waals surface area (Å²) in [6.45, 7) is 2.11. The minimum Gasteiger partial charge on any atom is -0.366 e. The Hall–Kier alpha value is -4.76. The SMILES string of the molecule is CC(C#N)N(C(=O)CNCCC1(c2nn(C)c(=O)[nH]2)c2ccc(C(N)=O)cc2CCc2cc(C(N)=O)ccc21)C1CC1. The van der Waals surface area contributed by atoms with Gasteiger partial charge in [0.2, 0.25) is 17.7 Å². The number of nitriles is 1. The summed E-state index contributed by atoms with van der Waals surface area (Å²) in [4.78, 5) is 54.5. The number of carbonyl (C=O) groups is 3. The third-order valence-corrected chi connectivity index (χ3v) is 8.32. The summed E-state index contributed by atoms with van der Waals surface area (Å²) >= 11 is 0. The topological polar surface area (TPSA) is 193 Å². The van der Waals surface area contributed by atoms with Gasteiger partial charge in [0.15, 0.2) is 0 Å². The van der Waals surface area contributed by atoms with E-state index in [1.165, 1.54) is 4.68 Å². The number of aromatic nitrogens is 3. The highest BCUT2D eigenvalue weighted by Gasteiger charge is 2.44. The summed E-state index contributed by atoms with van der Waals surface area (Å²) in [5.74, 6) is -0.867. The zero-order valence-corrected chi connectivity index (χ0v) is 23.6. The number of nitrogens with one attached hydrogen (secondary N) is 2. The maximum absolute atomic E-state index is 13.1. The number of aryl methyl sites for hydroxylation is 3. The number of fused-ring (bicyclic) bond motifs is 2. The molecular weight excluding hydrogens is 536 g/mol. The van der Waals surface area contributed by atoms with Gasteiger partial charge < -0.3 is 21.7 Å². The molecule has 0 aliphatic heterocycles. The molecule has 3 amide bonds. The Morgan fingerprint density at radius 3 is 2.14 bits per heavy atom. The molecule has 1 fully saturated rings. The maximum Gasteiger partial charge on any atom is 0.343 e. The summed E-state index contributed by atoms with van der Waals surface area (Å²) in [5, 5.41) is 17.3. The zero-order chi connectivity index (χ0) is 30.2. The molecule has 1 atom stereocenters. The van der Waals surface area contributed by atoms with Crippen molar-refractivity contribution in [1.82, 2.24) is 25.0 Å². The lowest BCUT2D eigenvalue weighted by Crippen LogP contribution is -2.45. The van der Waals surface area contributed by atoms with Crippen LogP contribution in [0, 0.1) is 11.3 Å². The van der Waals surface area contributed by atoms with Crippen molar-refractivity contribution < 1.29 is 14.4 Å². The van der Waals surface area contributed by atoms with Crippen molar-refractivity contribution in [3.05, 3.63) is 86.1 Å². The van der Waals surface area contributed by atoms with E-state index >= 15 is 0 Å². The molecule has 218 valence electrons. The van der Waals surface area contributed by atoms with Crippen LogP contribution in [0.2, 0.25) is 0 Å². The standard InChI is InChI=1S/C30H34N8O4/c1-17(15-31)38(22-7-8-22)25(39)16-34-12-11-30(28-35-29(42)37(2)36-28)23-9-5-20(26(32)40)13-18(23)3-4-19-14-21(27(33)41)6-10-24(19)30/h5-6,9-10,13-14,17,22,34H,3-4,7-8,11-12,16H2,1-2H3,(H2,32,40)(H2,33,41)(H,35,36,42). The molecule has 5 rings (SSSR count). The molecule has 1 saturated carbocycles. The van der Waals surface area contributed by atoms with Gasteiger partial charge in [-0.15, -0.1) is 0 Å². The molecule has 2 aliphatic carbocycles. The number of benzene rings is 2. The second kappa shape index (κ2) is 11.3. The molecule has 3 aromatic rings. The van der Waals surface area contributed by atoms with Gasteiger partial charge >= 0.3 is 5.69 Å². The Bertz CT molecular complexity index is 1600. The van der Waals surface area contributed by atoms with Crippen LogP contribution in [-0.2, 0) is 30.1 Å². The lowest BCUT2D eigenvalue weighted by Gasteiger charge is -2.35. The van der Waals surface area contributed by atoms with Gasteiger partial charge in [0.25, 0.3) is 0 Å². The molecular formula is C30H34N8O4. The molecule has 1 heterocycles. The van der Waals surface area contributed by atoms with E-state index < -0.39 is 29.0 Å². The number of nitrogens with zero attached hydrogens (tertiary/aromatic N) is 4. The molecule has 42 heavy (non-hydrogen) atoms. The third-order valence-electron chi connectivity index (χ3n) is 8.32. The highest BCUT2D eigenvalue weighted by Crippen LogP contribution is 2.46. The van der Waals surface area contributed by atoms with Crippen molar-refractivity contribution in [2.24, 2.45) is 18.5 Å². The van der Waals surface area contributed by atoms with Gasteiger partial charge in [0.05, 0.1) is 18.0 Å². The van der Waals surface area contributed by atoms with Gasteiger partial charge in [-0.3, -0.25) is 19.4 Å². The first-order valence-corrected chi connectivity index (χ1v) is 14.0. The van der Waals surface area contributed by atoms with Crippen LogP contribution in [-0.4, -0.2) is 62.6 Å². The minimum absolute atomic E-state index is 0.0400. The number of hydrogen-bond donors (Lipinski definition) is 4. The highest BCUT2D eigenvalue weighted by atomic mass is 16.2. The van der Waals surface area contributed by atoms with Gasteiger partial charge in [0.1, 0.15) is 11.9 Å². The smallest absolute Gasteiger partial charge is 0.343 e. The quantitative estimate of drug-likeness (QED) is 0.257. The van der Waals surface area contributed by atoms with Crippen molar-refractivity contribution in [1.29, 1.82) is 5.26 Å². The first-order valence-electron chi connectivity index (χ1n) is 14.0. The van der Waals surface area contributed by atoms with E-state index in [0.29, 0.717) is 42.8 Å². The third kappa shape index (κ3) is 5.19. The fraction of sp³-hybridized carbons (Fsp3) is 0.400. The minimum atomic E-state index is -1.01. The van der Waals surface area contributed by atoms with Crippen LogP contribution >= 0.6 is 0 Å². The van der Waals surface area contributed by atoms with Gasteiger partial charge in [-0.2, -0.15) is 10.4 Å². The fourth-order valence-corrected chi connectivity index (χ4v) is 6.11. The lowest BCUT2D eigenvalue weighted by molar-refractivity contribution is -0.131. The van der Waals surface area contributed by atoms with E-state index in [2.05, 4.69) is 21.5 Å². The van der Waals surface area contributed by atoms with E-state index in [0.717, 1.165) is 35.1 Å². The van der Waals surface area contributed by atoms with Gasteiger partial charge in [-0.05, 0) is 92.1 Å². The summed E-state index contributed by atoms with van der Waals surface area (Å²) in [6.07, 6.45) is 3.23. The first-order chi connectivity index (χ1) is 20.1. The number of nitrogens with two attached hydrogens (primary N) is 2. The molecule has 1 unspecified atom stereocenters. The van der Waals surface area contributed by atoms with E-state index in [1.807, 2.05) is 12.1 Å². The number of H-pyrrole nitrogens is 1. The van der Waals surface area contributed by atoms with Crippen LogP contribution in [0.5, 0.6) is 0 Å². The molecule has 0 radical (unpaired) electrons. The molecule has 0 spiro atoms. The van der Waals surface area contributed by atoms with Crippen LogP contribution in [0.25, 0.3) is 0 Å². The normalized spacial score (nSPS) is 15.9. The Morgan fingerprint density at radius 1 is 1.12 bits per heavy atom. The van der Waals surface area contributed by atoms with E-state index in [-0.39, 0.29) is 18.5 Å². The Morgan fingerprint density at radius 2 is 1.69 bits per heavy atom. The average Bonchev–Trinajstić information content (AvgIpc) is 3.76. The molecule has 0 saturated heterocycles. The molecule has 2 aliphatic rings. The number of hydrogen-bond acceptors (Lipinski definition) is 7. The first kappa shape index (κ1) is 28.8. The van der Waals surface area contributed by atoms with E-state index in [9.17, 15) is 24.4 Å². The summed E-state index contributed by atoms with van der Waals surface area (Å²) < 4.78 is 1.23. The van der Waals surface area contributed by atoms with Crippen molar-refractivity contribution in [3.8, 4) is 6.07 Å². The maximum atomic E-state index is 13.1. The average molecular weight is 571 g/mol. The Labute approximate surface area is 242 Å². The zero-order valence-electron chi connectivity index (χ0n) is 23.6. The number of primary amides is 2. The van der Waals surface area contributed by atoms with Gasteiger partial charge in [-0.1, -0.05) is 12.1 Å². The van der Waals surface area contributed by atoms with Crippen LogP contribution < -0.4 is 22.5 Å². The summed E-state index contributed by atoms with van der Waals surface area (Å²) in [5.41, 5.74) is 13.9. The van der Waals surface area contributed by atoms with E-state index in [4.69, 9.17) is 11.5 Å². The predicted molar refractivity (Wildman–Crippen MR) is 153 cm³/mol. The predicted octanol–water partition coefficient (Wildman–Crippen LogP) is 0.622. The molecule has 0 bridgehead atoms. The number of aromatic amines is 1. The molecule has 6 N–H and O–H groups in total.